The zero-order valence-corrected chi connectivity index (χ0v) is 7.96. The lowest BCUT2D eigenvalue weighted by molar-refractivity contribution is -0.144. The van der Waals surface area contributed by atoms with E-state index in [-0.39, 0.29) is 11.9 Å². The number of methoxy groups -OCH3 is 1. The van der Waals surface area contributed by atoms with E-state index in [0.29, 0.717) is 6.42 Å². The van der Waals surface area contributed by atoms with Gasteiger partial charge in [-0.3, -0.25) is 4.79 Å². The van der Waals surface area contributed by atoms with Gasteiger partial charge in [-0.2, -0.15) is 0 Å². The molecule has 2 heteroatoms. The SMILES string of the molecule is C=C(C)/C=C/C[C@@H](C)C(=O)OC. The van der Waals surface area contributed by atoms with E-state index in [1.165, 1.54) is 7.11 Å². The van der Waals surface area contributed by atoms with Crippen molar-refractivity contribution in [2.45, 2.75) is 20.3 Å². The lowest BCUT2D eigenvalue weighted by Gasteiger charge is -2.04. The highest BCUT2D eigenvalue weighted by Crippen LogP contribution is 2.05. The molecular formula is C10H16O2. The number of esters is 1. The van der Waals surface area contributed by atoms with Crippen molar-refractivity contribution in [2.75, 3.05) is 7.11 Å². The molecule has 0 spiro atoms. The van der Waals surface area contributed by atoms with Gasteiger partial charge in [-0.15, -0.1) is 0 Å². The molecule has 0 bridgehead atoms. The van der Waals surface area contributed by atoms with Crippen molar-refractivity contribution >= 4 is 5.97 Å². The highest BCUT2D eigenvalue weighted by Gasteiger charge is 2.09. The predicted octanol–water partition coefficient (Wildman–Crippen LogP) is 2.32. The lowest BCUT2D eigenvalue weighted by Crippen LogP contribution is -2.11. The Hall–Kier alpha value is -1.05. The molecule has 2 nitrogen and oxygen atoms in total. The number of hydrogen-bond donors (Lipinski definition) is 0. The van der Waals surface area contributed by atoms with Gasteiger partial charge in [0.05, 0.1) is 13.0 Å². The molecule has 0 amide bonds. The van der Waals surface area contributed by atoms with E-state index < -0.39 is 0 Å². The molecule has 68 valence electrons. The second-order valence-electron chi connectivity index (χ2n) is 2.91. The van der Waals surface area contributed by atoms with Crippen LogP contribution in [-0.2, 0) is 9.53 Å². The van der Waals surface area contributed by atoms with Crippen molar-refractivity contribution in [3.8, 4) is 0 Å². The van der Waals surface area contributed by atoms with E-state index in [1.54, 1.807) is 0 Å². The summed E-state index contributed by atoms with van der Waals surface area (Å²) in [5, 5.41) is 0. The average molecular weight is 168 g/mol. The van der Waals surface area contributed by atoms with Crippen molar-refractivity contribution in [3.05, 3.63) is 24.3 Å². The van der Waals surface area contributed by atoms with Crippen LogP contribution >= 0.6 is 0 Å². The maximum absolute atomic E-state index is 10.9. The van der Waals surface area contributed by atoms with Crippen LogP contribution in [0.1, 0.15) is 20.3 Å². The summed E-state index contributed by atoms with van der Waals surface area (Å²) >= 11 is 0. The number of ether oxygens (including phenoxy) is 1. The second-order valence-corrected chi connectivity index (χ2v) is 2.91. The van der Waals surface area contributed by atoms with Crippen molar-refractivity contribution < 1.29 is 9.53 Å². The molecular weight excluding hydrogens is 152 g/mol. The molecule has 0 aromatic carbocycles. The van der Waals surface area contributed by atoms with Gasteiger partial charge >= 0.3 is 5.97 Å². The fraction of sp³-hybridized carbons (Fsp3) is 0.500. The first-order valence-corrected chi connectivity index (χ1v) is 3.97. The van der Waals surface area contributed by atoms with E-state index >= 15 is 0 Å². The van der Waals surface area contributed by atoms with Gasteiger partial charge in [0.25, 0.3) is 0 Å². The van der Waals surface area contributed by atoms with Gasteiger partial charge in [-0.25, -0.2) is 0 Å². The van der Waals surface area contributed by atoms with Crippen LogP contribution in [0.3, 0.4) is 0 Å². The van der Waals surface area contributed by atoms with Gasteiger partial charge in [-0.1, -0.05) is 31.2 Å². The Labute approximate surface area is 73.9 Å². The molecule has 0 rings (SSSR count). The van der Waals surface area contributed by atoms with Gasteiger partial charge in [0, 0.05) is 0 Å². The predicted molar refractivity (Wildman–Crippen MR) is 49.8 cm³/mol. The number of allylic oxidation sites excluding steroid dienone is 3. The molecule has 0 radical (unpaired) electrons. The monoisotopic (exact) mass is 168 g/mol. The standard InChI is InChI=1S/C10H16O2/c1-8(2)6-5-7-9(3)10(11)12-4/h5-6,9H,1,7H2,2-4H3/b6-5+/t9-/m1/s1. The normalized spacial score (nSPS) is 12.9. The molecule has 0 aromatic heterocycles. The fourth-order valence-electron chi connectivity index (χ4n) is 0.771. The molecule has 0 fully saturated rings. The zero-order valence-electron chi connectivity index (χ0n) is 7.96. The van der Waals surface area contributed by atoms with E-state index in [0.717, 1.165) is 5.57 Å². The van der Waals surface area contributed by atoms with Crippen LogP contribution in [0.15, 0.2) is 24.3 Å². The Morgan fingerprint density at radius 3 is 2.67 bits per heavy atom. The number of hydrogen-bond acceptors (Lipinski definition) is 2. The first-order valence-electron chi connectivity index (χ1n) is 3.97. The third-order valence-corrected chi connectivity index (χ3v) is 1.50. The van der Waals surface area contributed by atoms with Gasteiger partial charge in [-0.05, 0) is 13.3 Å². The molecule has 0 saturated carbocycles. The zero-order chi connectivity index (χ0) is 9.56. The summed E-state index contributed by atoms with van der Waals surface area (Å²) < 4.78 is 4.57. The third-order valence-electron chi connectivity index (χ3n) is 1.50. The van der Waals surface area contributed by atoms with Crippen molar-refractivity contribution in [3.63, 3.8) is 0 Å². The van der Waals surface area contributed by atoms with E-state index in [2.05, 4.69) is 11.3 Å². The van der Waals surface area contributed by atoms with Crippen LogP contribution in [-0.4, -0.2) is 13.1 Å². The van der Waals surface area contributed by atoms with Gasteiger partial charge in [0.1, 0.15) is 0 Å². The lowest BCUT2D eigenvalue weighted by atomic mass is 10.1. The third kappa shape index (κ3) is 4.72. The Balaban J connectivity index is 3.78. The Morgan fingerprint density at radius 2 is 2.25 bits per heavy atom. The van der Waals surface area contributed by atoms with E-state index in [1.807, 2.05) is 26.0 Å². The van der Waals surface area contributed by atoms with Crippen LogP contribution in [0.2, 0.25) is 0 Å². The molecule has 0 aliphatic heterocycles. The minimum absolute atomic E-state index is 0.0643. The van der Waals surface area contributed by atoms with Gasteiger partial charge in [0.15, 0.2) is 0 Å². The molecule has 0 heterocycles. The fourth-order valence-corrected chi connectivity index (χ4v) is 0.771. The van der Waals surface area contributed by atoms with Gasteiger partial charge in [0.2, 0.25) is 0 Å². The van der Waals surface area contributed by atoms with Crippen LogP contribution in [0.5, 0.6) is 0 Å². The highest BCUT2D eigenvalue weighted by molar-refractivity contribution is 5.71. The van der Waals surface area contributed by atoms with Crippen molar-refractivity contribution in [1.82, 2.24) is 0 Å². The average Bonchev–Trinajstić information content (AvgIpc) is 2.02. The number of carbonyl (C=O) groups is 1. The summed E-state index contributed by atoms with van der Waals surface area (Å²) in [5.41, 5.74) is 0.993. The quantitative estimate of drug-likeness (QED) is 0.475. The summed E-state index contributed by atoms with van der Waals surface area (Å²) in [4.78, 5) is 10.9. The van der Waals surface area contributed by atoms with Crippen LogP contribution in [0, 0.1) is 5.92 Å². The van der Waals surface area contributed by atoms with E-state index in [9.17, 15) is 4.79 Å². The first kappa shape index (κ1) is 11.0. The Bertz CT molecular complexity index is 192. The maximum Gasteiger partial charge on any atom is 0.308 e. The van der Waals surface area contributed by atoms with Crippen LogP contribution in [0.25, 0.3) is 0 Å². The summed E-state index contributed by atoms with van der Waals surface area (Å²) in [7, 11) is 1.40. The summed E-state index contributed by atoms with van der Waals surface area (Å²) in [6.45, 7) is 7.47. The van der Waals surface area contributed by atoms with Crippen molar-refractivity contribution in [1.29, 1.82) is 0 Å². The second kappa shape index (κ2) is 5.58. The summed E-state index contributed by atoms with van der Waals surface area (Å²) in [5.74, 6) is -0.230. The minimum atomic E-state index is -0.165. The van der Waals surface area contributed by atoms with E-state index in [4.69, 9.17) is 0 Å². The largest absolute Gasteiger partial charge is 0.469 e. The molecule has 0 N–H and O–H groups in total. The minimum Gasteiger partial charge on any atom is -0.469 e. The number of carbonyl (C=O) groups excluding carboxylic acids is 1. The molecule has 0 aliphatic carbocycles. The number of rotatable bonds is 4. The molecule has 0 unspecified atom stereocenters. The summed E-state index contributed by atoms with van der Waals surface area (Å²) in [6, 6.07) is 0. The maximum atomic E-state index is 10.9. The summed E-state index contributed by atoms with van der Waals surface area (Å²) in [6.07, 6.45) is 4.54. The highest BCUT2D eigenvalue weighted by atomic mass is 16.5. The van der Waals surface area contributed by atoms with Crippen LogP contribution in [0.4, 0.5) is 0 Å². The van der Waals surface area contributed by atoms with Crippen molar-refractivity contribution in [2.24, 2.45) is 5.92 Å². The molecule has 0 saturated heterocycles. The molecule has 0 aliphatic rings. The Morgan fingerprint density at radius 1 is 1.67 bits per heavy atom. The smallest absolute Gasteiger partial charge is 0.308 e. The molecule has 1 atom stereocenters. The van der Waals surface area contributed by atoms with Crippen LogP contribution < -0.4 is 0 Å². The molecule has 0 aromatic rings. The molecule has 12 heavy (non-hydrogen) atoms. The van der Waals surface area contributed by atoms with Gasteiger partial charge < -0.3 is 4.74 Å². The topological polar surface area (TPSA) is 26.3 Å². The first-order chi connectivity index (χ1) is 5.57. The Kier molecular flexibility index (Phi) is 5.09.